The number of nitrogens with zero attached hydrogens (tertiary/aromatic N) is 2. The second-order valence-corrected chi connectivity index (χ2v) is 12.8. The number of benzene rings is 2. The number of carbonyl (C=O) groups excluding carboxylic acids is 2. The summed E-state index contributed by atoms with van der Waals surface area (Å²) in [5, 5.41) is 6.52. The van der Waals surface area contributed by atoms with E-state index in [9.17, 15) is 9.59 Å². The van der Waals surface area contributed by atoms with Crippen LogP contribution in [0.3, 0.4) is 0 Å². The molecule has 2 amide bonds. The van der Waals surface area contributed by atoms with E-state index < -0.39 is 0 Å². The van der Waals surface area contributed by atoms with Crippen LogP contribution in [0.2, 0.25) is 0 Å². The molecule has 0 aliphatic carbocycles. The number of rotatable bonds is 11. The van der Waals surface area contributed by atoms with Gasteiger partial charge in [0, 0.05) is 11.4 Å². The zero-order chi connectivity index (χ0) is 29.2. The van der Waals surface area contributed by atoms with Gasteiger partial charge in [-0.05, 0) is 114 Å². The van der Waals surface area contributed by atoms with E-state index in [0.717, 1.165) is 103 Å². The molecule has 2 saturated heterocycles. The van der Waals surface area contributed by atoms with Crippen LogP contribution in [0.4, 0.5) is 11.4 Å². The Labute approximate surface area is 248 Å². The maximum atomic E-state index is 13.5. The Bertz CT molecular complexity index is 1130. The van der Waals surface area contributed by atoms with Gasteiger partial charge < -0.3 is 15.1 Å². The molecule has 2 fully saturated rings. The van der Waals surface area contributed by atoms with Crippen molar-refractivity contribution in [3.63, 3.8) is 0 Å². The first-order valence-electron chi connectivity index (χ1n) is 16.1. The van der Waals surface area contributed by atoms with Crippen molar-refractivity contribution >= 4 is 23.2 Å². The number of nitrogens with one attached hydrogen (secondary N) is 2. The van der Waals surface area contributed by atoms with Gasteiger partial charge >= 0.3 is 0 Å². The average molecular weight is 562 g/mol. The van der Waals surface area contributed by atoms with E-state index in [1.165, 1.54) is 32.1 Å². The number of amides is 2. The lowest BCUT2D eigenvalue weighted by atomic mass is 10.0. The number of piperidine rings is 1. The number of hydrogen-bond acceptors (Lipinski definition) is 3. The molecular weight excluding hydrogens is 508 g/mol. The Hall–Kier alpha value is -2.70. The van der Waals surface area contributed by atoms with Crippen LogP contribution in [-0.2, 0) is 9.59 Å². The minimum atomic E-state index is -0.0504. The lowest BCUT2D eigenvalue weighted by molar-refractivity contribution is -0.925. The monoisotopic (exact) mass is 561 g/mol. The van der Waals surface area contributed by atoms with Crippen LogP contribution in [0.5, 0.6) is 0 Å². The Morgan fingerprint density at radius 3 is 1.98 bits per heavy atom. The SMILES string of the molecule is Cc1cccc(C)c1NC(=O)C[N+]1(CCCCCN2CCCCCC2C(=O)Nc2c(C)cccc2C)CCCCC1. The van der Waals surface area contributed by atoms with Gasteiger partial charge in [-0.1, -0.05) is 49.2 Å². The summed E-state index contributed by atoms with van der Waals surface area (Å²) in [6.45, 7) is 14.1. The quantitative estimate of drug-likeness (QED) is 0.231. The van der Waals surface area contributed by atoms with Crippen molar-refractivity contribution in [1.29, 1.82) is 0 Å². The topological polar surface area (TPSA) is 61.4 Å². The molecule has 0 spiro atoms. The van der Waals surface area contributed by atoms with E-state index in [-0.39, 0.29) is 17.9 Å². The molecule has 6 nitrogen and oxygen atoms in total. The van der Waals surface area contributed by atoms with Crippen molar-refractivity contribution in [1.82, 2.24) is 4.90 Å². The van der Waals surface area contributed by atoms with Gasteiger partial charge in [0.15, 0.2) is 6.54 Å². The van der Waals surface area contributed by atoms with E-state index in [0.29, 0.717) is 6.54 Å². The van der Waals surface area contributed by atoms with Gasteiger partial charge in [-0.2, -0.15) is 0 Å². The molecule has 6 heteroatoms. The average Bonchev–Trinajstić information content (AvgIpc) is 3.19. The highest BCUT2D eigenvalue weighted by molar-refractivity contribution is 5.96. The van der Waals surface area contributed by atoms with Gasteiger partial charge in [-0.25, -0.2) is 0 Å². The molecule has 2 aromatic carbocycles. The van der Waals surface area contributed by atoms with E-state index in [4.69, 9.17) is 0 Å². The molecule has 0 radical (unpaired) electrons. The number of anilines is 2. The van der Waals surface area contributed by atoms with Crippen molar-refractivity contribution in [2.75, 3.05) is 49.9 Å². The fourth-order valence-corrected chi connectivity index (χ4v) is 7.03. The van der Waals surface area contributed by atoms with E-state index in [1.54, 1.807) is 0 Å². The highest BCUT2D eigenvalue weighted by Crippen LogP contribution is 2.25. The predicted octanol–water partition coefficient (Wildman–Crippen LogP) is 6.91. The van der Waals surface area contributed by atoms with Gasteiger partial charge in [-0.3, -0.25) is 14.5 Å². The summed E-state index contributed by atoms with van der Waals surface area (Å²) in [5.74, 6) is 0.295. The number of para-hydroxylation sites is 2. The normalized spacial score (nSPS) is 19.4. The van der Waals surface area contributed by atoms with Crippen LogP contribution in [-0.4, -0.2) is 66.5 Å². The predicted molar refractivity (Wildman–Crippen MR) is 170 cm³/mol. The van der Waals surface area contributed by atoms with Crippen molar-refractivity contribution in [2.24, 2.45) is 0 Å². The summed E-state index contributed by atoms with van der Waals surface area (Å²) in [6, 6.07) is 12.3. The van der Waals surface area contributed by atoms with Crippen LogP contribution < -0.4 is 10.6 Å². The molecule has 224 valence electrons. The summed E-state index contributed by atoms with van der Waals surface area (Å²) in [6.07, 6.45) is 11.5. The molecule has 0 saturated carbocycles. The van der Waals surface area contributed by atoms with Crippen molar-refractivity contribution in [2.45, 2.75) is 97.9 Å². The highest BCUT2D eigenvalue weighted by Gasteiger charge is 2.33. The lowest BCUT2D eigenvalue weighted by Gasteiger charge is -2.41. The standard InChI is InChI=1S/C35H52N4O2/c1-27-16-14-17-28(2)33(27)36-32(40)26-39(24-12-7-13-25-39)23-11-6-10-22-38-21-9-5-8-20-31(38)35(41)37-34-29(3)18-15-19-30(34)4/h14-19,31H,5-13,20-26H2,1-4H3,(H-,36,37,40,41)/p+1. The molecule has 0 bridgehead atoms. The molecule has 4 rings (SSSR count). The Morgan fingerprint density at radius 1 is 0.756 bits per heavy atom. The maximum Gasteiger partial charge on any atom is 0.279 e. The van der Waals surface area contributed by atoms with Crippen LogP contribution in [0.1, 0.15) is 86.5 Å². The third-order valence-electron chi connectivity index (χ3n) is 9.46. The van der Waals surface area contributed by atoms with Crippen molar-refractivity contribution in [3.05, 3.63) is 58.7 Å². The van der Waals surface area contributed by atoms with Crippen molar-refractivity contribution in [3.8, 4) is 0 Å². The number of unbranched alkanes of at least 4 members (excludes halogenated alkanes) is 2. The first-order valence-corrected chi connectivity index (χ1v) is 16.1. The third-order valence-corrected chi connectivity index (χ3v) is 9.46. The van der Waals surface area contributed by atoms with E-state index in [1.807, 2.05) is 12.1 Å². The molecule has 2 aromatic rings. The van der Waals surface area contributed by atoms with E-state index >= 15 is 0 Å². The smallest absolute Gasteiger partial charge is 0.279 e. The number of aryl methyl sites for hydroxylation is 4. The molecule has 2 heterocycles. The molecule has 0 aromatic heterocycles. The van der Waals surface area contributed by atoms with Crippen LogP contribution in [0.25, 0.3) is 0 Å². The van der Waals surface area contributed by atoms with Crippen LogP contribution in [0, 0.1) is 27.7 Å². The third kappa shape index (κ3) is 8.65. The summed E-state index contributed by atoms with van der Waals surface area (Å²) in [7, 11) is 0. The summed E-state index contributed by atoms with van der Waals surface area (Å²) < 4.78 is 0.918. The number of hydrogen-bond donors (Lipinski definition) is 2. The zero-order valence-electron chi connectivity index (χ0n) is 26.1. The molecular formula is C35H53N4O2+. The fourth-order valence-electron chi connectivity index (χ4n) is 7.03. The molecule has 41 heavy (non-hydrogen) atoms. The first kappa shape index (κ1) is 31.2. The summed E-state index contributed by atoms with van der Waals surface area (Å²) in [4.78, 5) is 29.1. The minimum Gasteiger partial charge on any atom is -0.324 e. The van der Waals surface area contributed by atoms with Gasteiger partial charge in [0.2, 0.25) is 5.91 Å². The fraction of sp³-hybridized carbons (Fsp3) is 0.600. The van der Waals surface area contributed by atoms with Crippen molar-refractivity contribution < 1.29 is 14.1 Å². The largest absolute Gasteiger partial charge is 0.324 e. The van der Waals surface area contributed by atoms with Gasteiger partial charge in [0.05, 0.1) is 25.7 Å². The Morgan fingerprint density at radius 2 is 1.34 bits per heavy atom. The molecule has 2 aliphatic heterocycles. The molecule has 2 N–H and O–H groups in total. The minimum absolute atomic E-state index is 0.0504. The second-order valence-electron chi connectivity index (χ2n) is 12.8. The highest BCUT2D eigenvalue weighted by atomic mass is 16.2. The second kappa shape index (κ2) is 15.0. The lowest BCUT2D eigenvalue weighted by Crippen LogP contribution is -2.55. The molecule has 1 unspecified atom stereocenters. The van der Waals surface area contributed by atoms with Gasteiger partial charge in [0.25, 0.3) is 5.91 Å². The zero-order valence-corrected chi connectivity index (χ0v) is 26.1. The van der Waals surface area contributed by atoms with Crippen LogP contribution in [0.15, 0.2) is 36.4 Å². The maximum absolute atomic E-state index is 13.5. The Balaban J connectivity index is 1.29. The summed E-state index contributed by atoms with van der Waals surface area (Å²) in [5.41, 5.74) is 6.43. The van der Waals surface area contributed by atoms with Crippen LogP contribution >= 0.6 is 0 Å². The molecule has 1 atom stereocenters. The number of likely N-dealkylation sites (tertiary alicyclic amines) is 2. The van der Waals surface area contributed by atoms with E-state index in [2.05, 4.69) is 67.5 Å². The molecule has 2 aliphatic rings. The first-order chi connectivity index (χ1) is 19.8. The summed E-state index contributed by atoms with van der Waals surface area (Å²) >= 11 is 0. The van der Waals surface area contributed by atoms with Gasteiger partial charge in [0.1, 0.15) is 0 Å². The van der Waals surface area contributed by atoms with Gasteiger partial charge in [-0.15, -0.1) is 0 Å². The number of carbonyl (C=O) groups is 2. The number of quaternary nitrogens is 1. The Kier molecular flexibility index (Phi) is 11.4.